The van der Waals surface area contributed by atoms with Crippen molar-refractivity contribution in [3.63, 3.8) is 0 Å². The lowest BCUT2D eigenvalue weighted by Gasteiger charge is -2.18. The number of carbonyl (C=O) groups is 3. The molecule has 3 amide bonds. The van der Waals surface area contributed by atoms with Crippen molar-refractivity contribution in [2.24, 2.45) is 5.73 Å². The highest BCUT2D eigenvalue weighted by atomic mass is 32.2. The highest BCUT2D eigenvalue weighted by molar-refractivity contribution is 7.89. The van der Waals surface area contributed by atoms with E-state index in [2.05, 4.69) is 0 Å². The highest BCUT2D eigenvalue weighted by Crippen LogP contribution is 2.15. The summed E-state index contributed by atoms with van der Waals surface area (Å²) in [6, 6.07) is 5.04. The Bertz CT molecular complexity index is 729. The number of nitrogens with two attached hydrogens (primary N) is 1. The van der Waals surface area contributed by atoms with Gasteiger partial charge in [0.1, 0.15) is 6.54 Å². The van der Waals surface area contributed by atoms with Crippen molar-refractivity contribution >= 4 is 27.9 Å². The summed E-state index contributed by atoms with van der Waals surface area (Å²) < 4.78 is 30.2. The van der Waals surface area contributed by atoms with Crippen LogP contribution in [0.3, 0.4) is 0 Å². The van der Waals surface area contributed by atoms with Gasteiger partial charge in [0.15, 0.2) is 6.10 Å². The van der Waals surface area contributed by atoms with Crippen LogP contribution in [0.15, 0.2) is 29.2 Å². The first-order valence-corrected chi connectivity index (χ1v) is 8.31. The number of hydrogen-bond donors (Lipinski definition) is 2. The van der Waals surface area contributed by atoms with Gasteiger partial charge in [-0.15, -0.1) is 0 Å². The molecule has 0 aliphatic heterocycles. The molecule has 0 aromatic heterocycles. The topological polar surface area (TPSA) is 136 Å². The normalized spacial score (nSPS) is 12.5. The van der Waals surface area contributed by atoms with Gasteiger partial charge in [0.25, 0.3) is 5.91 Å². The van der Waals surface area contributed by atoms with Gasteiger partial charge in [0.2, 0.25) is 10.0 Å². The first kappa shape index (κ1) is 19.6. The summed E-state index contributed by atoms with van der Waals surface area (Å²) in [4.78, 5) is 33.7. The molecule has 0 spiro atoms. The van der Waals surface area contributed by atoms with E-state index in [1.54, 1.807) is 17.4 Å². The van der Waals surface area contributed by atoms with Gasteiger partial charge in [0.05, 0.1) is 4.90 Å². The van der Waals surface area contributed by atoms with Crippen molar-refractivity contribution < 1.29 is 27.5 Å². The van der Waals surface area contributed by atoms with E-state index in [4.69, 9.17) is 10.5 Å². The van der Waals surface area contributed by atoms with Crippen LogP contribution in [0.4, 0.5) is 4.79 Å². The molecule has 0 heterocycles. The van der Waals surface area contributed by atoms with E-state index in [1.807, 2.05) is 6.92 Å². The molecule has 0 radical (unpaired) electrons. The Kier molecular flexibility index (Phi) is 6.43. The third kappa shape index (κ3) is 5.32. The van der Waals surface area contributed by atoms with Gasteiger partial charge in [-0.2, -0.15) is 4.31 Å². The molecular weight excluding hydrogens is 338 g/mol. The Hall–Kier alpha value is -2.46. The Balaban J connectivity index is 2.70. The second-order valence-corrected chi connectivity index (χ2v) is 7.10. The molecule has 0 aliphatic carbocycles. The number of rotatable bonds is 6. The van der Waals surface area contributed by atoms with Crippen LogP contribution in [0.25, 0.3) is 0 Å². The van der Waals surface area contributed by atoms with Gasteiger partial charge in [-0.05, 0) is 26.0 Å². The molecule has 1 aromatic rings. The van der Waals surface area contributed by atoms with Crippen LogP contribution >= 0.6 is 0 Å². The first-order valence-electron chi connectivity index (χ1n) is 6.87. The van der Waals surface area contributed by atoms with Gasteiger partial charge in [-0.25, -0.2) is 13.2 Å². The van der Waals surface area contributed by atoms with Gasteiger partial charge in [-0.1, -0.05) is 17.7 Å². The van der Waals surface area contributed by atoms with E-state index >= 15 is 0 Å². The number of nitrogens with zero attached hydrogens (tertiary/aromatic N) is 1. The lowest BCUT2D eigenvalue weighted by Crippen LogP contribution is -2.43. The zero-order chi connectivity index (χ0) is 18.5. The molecule has 10 heteroatoms. The number of esters is 1. The molecule has 3 N–H and O–H groups in total. The van der Waals surface area contributed by atoms with Crippen LogP contribution in [0.5, 0.6) is 0 Å². The summed E-state index contributed by atoms with van der Waals surface area (Å²) >= 11 is 0. The third-order valence-corrected chi connectivity index (χ3v) is 4.82. The van der Waals surface area contributed by atoms with Crippen molar-refractivity contribution in [1.82, 2.24) is 9.62 Å². The van der Waals surface area contributed by atoms with E-state index in [0.717, 1.165) is 9.87 Å². The summed E-state index contributed by atoms with van der Waals surface area (Å²) in [6.07, 6.45) is -1.29. The largest absolute Gasteiger partial charge is 0.452 e. The van der Waals surface area contributed by atoms with E-state index in [9.17, 15) is 22.8 Å². The van der Waals surface area contributed by atoms with Crippen molar-refractivity contribution in [2.45, 2.75) is 24.8 Å². The molecule has 0 aliphatic rings. The molecule has 0 bridgehead atoms. The summed E-state index contributed by atoms with van der Waals surface area (Å²) in [7, 11) is -2.66. The maximum Gasteiger partial charge on any atom is 0.322 e. The number of imide groups is 1. The maximum absolute atomic E-state index is 12.3. The second-order valence-electron chi connectivity index (χ2n) is 5.06. The SMILES string of the molecule is Cc1ccc(S(=O)(=O)N(C)CC(=O)O[C@@H](C)C(=O)NC(N)=O)cc1. The van der Waals surface area contributed by atoms with Crippen LogP contribution in [0.2, 0.25) is 0 Å². The number of sulfonamides is 1. The fourth-order valence-corrected chi connectivity index (χ4v) is 2.78. The predicted molar refractivity (Wildman–Crippen MR) is 84.3 cm³/mol. The van der Waals surface area contributed by atoms with Crippen LogP contribution in [-0.4, -0.2) is 50.3 Å². The Labute approximate surface area is 139 Å². The Morgan fingerprint density at radius 3 is 2.29 bits per heavy atom. The fourth-order valence-electron chi connectivity index (χ4n) is 1.67. The van der Waals surface area contributed by atoms with E-state index in [1.165, 1.54) is 26.1 Å². The molecule has 1 atom stereocenters. The zero-order valence-electron chi connectivity index (χ0n) is 13.5. The second kappa shape index (κ2) is 7.88. The number of hydrogen-bond acceptors (Lipinski definition) is 6. The summed E-state index contributed by atoms with van der Waals surface area (Å²) in [5.74, 6) is -1.85. The molecular formula is C14H19N3O6S. The molecule has 1 aromatic carbocycles. The highest BCUT2D eigenvalue weighted by Gasteiger charge is 2.25. The minimum absolute atomic E-state index is 0.0305. The van der Waals surface area contributed by atoms with E-state index < -0.39 is 40.6 Å². The van der Waals surface area contributed by atoms with Gasteiger partial charge >= 0.3 is 12.0 Å². The minimum atomic E-state index is -3.87. The predicted octanol–water partition coefficient (Wildman–Crippen LogP) is -0.258. The molecule has 0 saturated heterocycles. The quantitative estimate of drug-likeness (QED) is 0.673. The van der Waals surface area contributed by atoms with Crippen LogP contribution in [0, 0.1) is 6.92 Å². The number of nitrogens with one attached hydrogen (secondary N) is 1. The van der Waals surface area contributed by atoms with E-state index in [-0.39, 0.29) is 4.90 Å². The lowest BCUT2D eigenvalue weighted by atomic mass is 10.2. The summed E-state index contributed by atoms with van der Waals surface area (Å²) in [6.45, 7) is 2.45. The van der Waals surface area contributed by atoms with Gasteiger partial charge < -0.3 is 10.5 Å². The maximum atomic E-state index is 12.3. The molecule has 24 heavy (non-hydrogen) atoms. The molecule has 0 saturated carbocycles. The third-order valence-electron chi connectivity index (χ3n) is 3.00. The number of amides is 3. The number of ether oxygens (including phenoxy) is 1. The lowest BCUT2D eigenvalue weighted by molar-refractivity contribution is -0.154. The van der Waals surface area contributed by atoms with Crippen molar-refractivity contribution in [3.05, 3.63) is 29.8 Å². The Morgan fingerprint density at radius 2 is 1.79 bits per heavy atom. The molecule has 9 nitrogen and oxygen atoms in total. The number of benzene rings is 1. The zero-order valence-corrected chi connectivity index (χ0v) is 14.3. The smallest absolute Gasteiger partial charge is 0.322 e. The first-order chi connectivity index (χ1) is 11.0. The molecule has 0 fully saturated rings. The number of aryl methyl sites for hydroxylation is 1. The van der Waals surface area contributed by atoms with Crippen molar-refractivity contribution in [2.75, 3.05) is 13.6 Å². The summed E-state index contributed by atoms with van der Waals surface area (Å²) in [5, 5.41) is 1.75. The Morgan fingerprint density at radius 1 is 1.25 bits per heavy atom. The number of urea groups is 1. The van der Waals surface area contributed by atoms with Gasteiger partial charge in [-0.3, -0.25) is 14.9 Å². The standard InChI is InChI=1S/C14H19N3O6S/c1-9-4-6-11(7-5-9)24(21,22)17(3)8-12(18)23-10(2)13(19)16-14(15)20/h4-7,10H,8H2,1-3H3,(H3,15,16,19,20)/t10-/m0/s1. The molecule has 132 valence electrons. The van der Waals surface area contributed by atoms with Crippen LogP contribution < -0.4 is 11.1 Å². The number of primary amides is 1. The minimum Gasteiger partial charge on any atom is -0.452 e. The van der Waals surface area contributed by atoms with Crippen LogP contribution in [-0.2, 0) is 24.3 Å². The van der Waals surface area contributed by atoms with Gasteiger partial charge in [0, 0.05) is 7.05 Å². The van der Waals surface area contributed by atoms with Crippen LogP contribution in [0.1, 0.15) is 12.5 Å². The summed E-state index contributed by atoms with van der Waals surface area (Å²) in [5.41, 5.74) is 5.67. The number of carbonyl (C=O) groups excluding carboxylic acids is 3. The monoisotopic (exact) mass is 357 g/mol. The molecule has 1 rings (SSSR count). The van der Waals surface area contributed by atoms with Crippen molar-refractivity contribution in [1.29, 1.82) is 0 Å². The average molecular weight is 357 g/mol. The number of likely N-dealkylation sites (N-methyl/N-ethyl adjacent to an activating group) is 1. The van der Waals surface area contributed by atoms with E-state index in [0.29, 0.717) is 0 Å². The van der Waals surface area contributed by atoms with Crippen molar-refractivity contribution in [3.8, 4) is 0 Å². The average Bonchev–Trinajstić information content (AvgIpc) is 2.46. The molecule has 0 unspecified atom stereocenters. The fraction of sp³-hybridized carbons (Fsp3) is 0.357.